The summed E-state index contributed by atoms with van der Waals surface area (Å²) in [6.45, 7) is 4.15. The van der Waals surface area contributed by atoms with Crippen molar-refractivity contribution >= 4 is 29.5 Å². The Morgan fingerprint density at radius 1 is 1.38 bits per heavy atom. The Bertz CT molecular complexity index is 679. The zero-order valence-electron chi connectivity index (χ0n) is 15.3. The SMILES string of the molecule is CNC(=O)[C@@H]1C[C@H](SC2=C(C(=O)O)N3C(=O)[C@H]([C@@H](C)O)C3[C@H]2C)CN1C. The van der Waals surface area contributed by atoms with E-state index >= 15 is 0 Å². The van der Waals surface area contributed by atoms with Gasteiger partial charge in [-0.25, -0.2) is 4.79 Å². The van der Waals surface area contributed by atoms with Gasteiger partial charge in [0.2, 0.25) is 11.8 Å². The molecular formula is C17H25N3O5S. The number of amides is 2. The van der Waals surface area contributed by atoms with Crippen LogP contribution < -0.4 is 5.32 Å². The number of thioether (sulfide) groups is 1. The summed E-state index contributed by atoms with van der Waals surface area (Å²) in [4.78, 5) is 40.1. The summed E-state index contributed by atoms with van der Waals surface area (Å²) in [6, 6.07) is -0.531. The van der Waals surface area contributed by atoms with Gasteiger partial charge in [0.25, 0.3) is 0 Å². The Morgan fingerprint density at radius 3 is 2.58 bits per heavy atom. The maximum atomic E-state index is 12.4. The molecule has 1 unspecified atom stereocenters. The number of aliphatic carboxylic acids is 1. The Kier molecular flexibility index (Phi) is 5.06. The van der Waals surface area contributed by atoms with Crippen LogP contribution in [0, 0.1) is 11.8 Å². The van der Waals surface area contributed by atoms with Gasteiger partial charge in [-0.15, -0.1) is 11.8 Å². The van der Waals surface area contributed by atoms with Crippen LogP contribution in [0.1, 0.15) is 20.3 Å². The highest BCUT2D eigenvalue weighted by Crippen LogP contribution is 2.52. The predicted octanol–water partition coefficient (Wildman–Crippen LogP) is -0.308. The smallest absolute Gasteiger partial charge is 0.353 e. The van der Waals surface area contributed by atoms with E-state index in [1.54, 1.807) is 14.0 Å². The van der Waals surface area contributed by atoms with Gasteiger partial charge in [0.1, 0.15) is 5.70 Å². The molecule has 0 spiro atoms. The zero-order valence-corrected chi connectivity index (χ0v) is 16.1. The molecule has 3 rings (SSSR count). The molecule has 0 aliphatic carbocycles. The fraction of sp³-hybridized carbons (Fsp3) is 0.706. The lowest BCUT2D eigenvalue weighted by Gasteiger charge is -2.46. The molecule has 0 radical (unpaired) electrons. The van der Waals surface area contributed by atoms with Crippen LogP contribution in [0.4, 0.5) is 0 Å². The first-order valence-electron chi connectivity index (χ1n) is 8.76. The normalized spacial score (nSPS) is 35.3. The van der Waals surface area contributed by atoms with Crippen LogP contribution in [0.5, 0.6) is 0 Å². The Balaban J connectivity index is 1.82. The maximum absolute atomic E-state index is 12.4. The minimum absolute atomic E-state index is 0.0421. The van der Waals surface area contributed by atoms with Crippen LogP contribution in [0.25, 0.3) is 0 Å². The van der Waals surface area contributed by atoms with Gasteiger partial charge < -0.3 is 20.4 Å². The summed E-state index contributed by atoms with van der Waals surface area (Å²) in [5, 5.41) is 22.3. The monoisotopic (exact) mass is 383 g/mol. The van der Waals surface area contributed by atoms with Crippen LogP contribution >= 0.6 is 11.8 Å². The molecule has 3 heterocycles. The number of likely N-dealkylation sites (N-methyl/N-ethyl adjacent to an activating group) is 2. The standard InChI is InChI=1S/C17H25N3O5S/c1-7-12-11(8(2)21)16(23)20(12)13(17(24)25)14(7)26-9-5-10(15(22)18-3)19(4)6-9/h7-12,21H,5-6H2,1-4H3,(H,18,22)(H,24,25)/t7-,8-,9+,10+,11-,12?/m1/s1. The molecular weight excluding hydrogens is 358 g/mol. The fourth-order valence-electron chi connectivity index (χ4n) is 4.37. The maximum Gasteiger partial charge on any atom is 0.353 e. The number of aliphatic hydroxyl groups excluding tert-OH is 1. The molecule has 0 aromatic rings. The predicted molar refractivity (Wildman–Crippen MR) is 96.1 cm³/mol. The third kappa shape index (κ3) is 2.82. The topological polar surface area (TPSA) is 110 Å². The van der Waals surface area contributed by atoms with Gasteiger partial charge in [-0.2, -0.15) is 0 Å². The average Bonchev–Trinajstić information content (AvgIpc) is 3.04. The molecule has 0 bridgehead atoms. The number of nitrogens with zero attached hydrogens (tertiary/aromatic N) is 2. The van der Waals surface area contributed by atoms with Gasteiger partial charge in [-0.05, 0) is 20.4 Å². The van der Waals surface area contributed by atoms with Gasteiger partial charge in [0, 0.05) is 29.7 Å². The van der Waals surface area contributed by atoms with Gasteiger partial charge in [-0.3, -0.25) is 14.5 Å². The summed E-state index contributed by atoms with van der Waals surface area (Å²) in [5.41, 5.74) is 0.0421. The van der Waals surface area contributed by atoms with E-state index in [1.807, 2.05) is 18.9 Å². The minimum Gasteiger partial charge on any atom is -0.477 e. The fourth-order valence-corrected chi connectivity index (χ4v) is 5.97. The Hall–Kier alpha value is -1.58. The van der Waals surface area contributed by atoms with Crippen molar-refractivity contribution in [3.05, 3.63) is 10.6 Å². The number of carboxylic acid groups (broad SMARTS) is 1. The number of carboxylic acids is 1. The molecule has 9 heteroatoms. The number of hydrogen-bond acceptors (Lipinski definition) is 6. The van der Waals surface area contributed by atoms with Gasteiger partial charge in [0.05, 0.1) is 24.1 Å². The van der Waals surface area contributed by atoms with Crippen molar-refractivity contribution in [2.24, 2.45) is 11.8 Å². The van der Waals surface area contributed by atoms with Crippen molar-refractivity contribution in [1.82, 2.24) is 15.1 Å². The van der Waals surface area contributed by atoms with E-state index in [4.69, 9.17) is 0 Å². The average molecular weight is 383 g/mol. The van der Waals surface area contributed by atoms with Crippen molar-refractivity contribution in [3.8, 4) is 0 Å². The molecule has 3 N–H and O–H groups in total. The summed E-state index contributed by atoms with van der Waals surface area (Å²) in [5.74, 6) is -2.18. The molecule has 8 nitrogen and oxygen atoms in total. The molecule has 0 saturated carbocycles. The van der Waals surface area contributed by atoms with E-state index in [9.17, 15) is 24.6 Å². The summed E-state index contributed by atoms with van der Waals surface area (Å²) < 4.78 is 0. The lowest BCUT2D eigenvalue weighted by atomic mass is 9.79. The van der Waals surface area contributed by atoms with E-state index in [-0.39, 0.29) is 40.8 Å². The third-order valence-electron chi connectivity index (χ3n) is 5.66. The van der Waals surface area contributed by atoms with E-state index in [1.165, 1.54) is 16.7 Å². The number of rotatable bonds is 5. The molecule has 3 aliphatic rings. The van der Waals surface area contributed by atoms with Crippen molar-refractivity contribution in [3.63, 3.8) is 0 Å². The van der Waals surface area contributed by atoms with Crippen molar-refractivity contribution < 1.29 is 24.6 Å². The zero-order chi connectivity index (χ0) is 19.3. The molecule has 144 valence electrons. The van der Waals surface area contributed by atoms with Gasteiger partial charge in [-0.1, -0.05) is 6.92 Å². The summed E-state index contributed by atoms with van der Waals surface area (Å²) >= 11 is 1.46. The molecule has 2 amide bonds. The number of fused-ring (bicyclic) bond motifs is 1. The minimum atomic E-state index is -1.12. The quantitative estimate of drug-likeness (QED) is 0.559. The number of aliphatic hydroxyl groups is 1. The lowest BCUT2D eigenvalue weighted by Crippen LogP contribution is -2.63. The number of likely N-dealkylation sites (tertiary alicyclic amines) is 1. The number of hydrogen-bond donors (Lipinski definition) is 3. The van der Waals surface area contributed by atoms with E-state index < -0.39 is 18.0 Å². The number of carbonyl (C=O) groups is 3. The summed E-state index contributed by atoms with van der Waals surface area (Å²) in [6.07, 6.45) is -0.177. The highest BCUT2D eigenvalue weighted by molar-refractivity contribution is 8.03. The van der Waals surface area contributed by atoms with Crippen molar-refractivity contribution in [1.29, 1.82) is 0 Å². The first kappa shape index (κ1) is 19.2. The molecule has 2 fully saturated rings. The second-order valence-electron chi connectivity index (χ2n) is 7.32. The van der Waals surface area contributed by atoms with Crippen molar-refractivity contribution in [2.75, 3.05) is 20.6 Å². The molecule has 3 aliphatic heterocycles. The first-order chi connectivity index (χ1) is 12.2. The van der Waals surface area contributed by atoms with Crippen LogP contribution in [-0.4, -0.2) is 81.9 Å². The molecule has 26 heavy (non-hydrogen) atoms. The number of carbonyl (C=O) groups excluding carboxylic acids is 2. The number of β-lactam (4-membered cyclic amide) rings is 1. The van der Waals surface area contributed by atoms with Crippen LogP contribution in [0.15, 0.2) is 10.6 Å². The molecule has 0 aromatic heterocycles. The van der Waals surface area contributed by atoms with E-state index in [0.717, 1.165) is 0 Å². The third-order valence-corrected chi connectivity index (χ3v) is 7.16. The lowest BCUT2D eigenvalue weighted by molar-refractivity contribution is -0.163. The molecule has 0 aromatic carbocycles. The van der Waals surface area contributed by atoms with Crippen LogP contribution in [0.3, 0.4) is 0 Å². The molecule has 2 saturated heterocycles. The second-order valence-corrected chi connectivity index (χ2v) is 8.66. The van der Waals surface area contributed by atoms with E-state index in [0.29, 0.717) is 17.9 Å². The second kappa shape index (κ2) is 6.86. The summed E-state index contributed by atoms with van der Waals surface area (Å²) in [7, 11) is 3.48. The van der Waals surface area contributed by atoms with Gasteiger partial charge in [0.15, 0.2) is 0 Å². The van der Waals surface area contributed by atoms with E-state index in [2.05, 4.69) is 5.32 Å². The van der Waals surface area contributed by atoms with Gasteiger partial charge >= 0.3 is 5.97 Å². The highest BCUT2D eigenvalue weighted by atomic mass is 32.2. The largest absolute Gasteiger partial charge is 0.477 e. The number of nitrogens with one attached hydrogen (secondary N) is 1. The highest BCUT2D eigenvalue weighted by Gasteiger charge is 2.60. The van der Waals surface area contributed by atoms with Crippen LogP contribution in [-0.2, 0) is 14.4 Å². The van der Waals surface area contributed by atoms with Crippen LogP contribution in [0.2, 0.25) is 0 Å². The van der Waals surface area contributed by atoms with Crippen molar-refractivity contribution in [2.45, 2.75) is 43.7 Å². The Labute approximate surface area is 156 Å². The first-order valence-corrected chi connectivity index (χ1v) is 9.64. The molecule has 6 atom stereocenters. The Morgan fingerprint density at radius 2 is 2.04 bits per heavy atom.